The molecule has 2 aromatic rings. The van der Waals surface area contributed by atoms with Crippen molar-refractivity contribution in [1.82, 2.24) is 30.1 Å². The average Bonchev–Trinajstić information content (AvgIpc) is 2.96. The maximum Gasteiger partial charge on any atom is 0.104 e. The Morgan fingerprint density at radius 2 is 2.22 bits per heavy atom. The molecule has 1 atom stereocenters. The molecule has 0 aliphatic carbocycles. The molecule has 0 aromatic carbocycles. The molecule has 0 spiro atoms. The van der Waals surface area contributed by atoms with Gasteiger partial charge in [-0.1, -0.05) is 12.1 Å². The molecule has 1 N–H and O–H groups in total. The van der Waals surface area contributed by atoms with Crippen LogP contribution in [0.1, 0.15) is 37.6 Å². The van der Waals surface area contributed by atoms with Crippen molar-refractivity contribution >= 4 is 0 Å². The van der Waals surface area contributed by atoms with E-state index in [0.29, 0.717) is 12.6 Å². The first-order valence-electron chi connectivity index (χ1n) is 6.30. The first-order valence-corrected chi connectivity index (χ1v) is 6.30. The summed E-state index contributed by atoms with van der Waals surface area (Å²) >= 11 is 0. The van der Waals surface area contributed by atoms with E-state index in [9.17, 15) is 0 Å². The van der Waals surface area contributed by atoms with Gasteiger partial charge >= 0.3 is 0 Å². The Hall–Kier alpha value is -1.69. The summed E-state index contributed by atoms with van der Waals surface area (Å²) < 4.78 is 3.59. The third-order valence-electron chi connectivity index (χ3n) is 2.83. The van der Waals surface area contributed by atoms with Crippen LogP contribution in [0.4, 0.5) is 0 Å². The molecule has 0 amide bonds. The number of aryl methyl sites for hydroxylation is 1. The summed E-state index contributed by atoms with van der Waals surface area (Å²) in [7, 11) is 1.86. The van der Waals surface area contributed by atoms with Crippen LogP contribution in [0.3, 0.4) is 0 Å². The highest BCUT2D eigenvalue weighted by Gasteiger charge is 2.08. The van der Waals surface area contributed by atoms with Crippen molar-refractivity contribution in [2.45, 2.75) is 32.9 Å². The molecule has 2 heterocycles. The van der Waals surface area contributed by atoms with E-state index < -0.39 is 0 Å². The molecule has 0 aliphatic heterocycles. The van der Waals surface area contributed by atoms with Gasteiger partial charge in [0.2, 0.25) is 0 Å². The fourth-order valence-electron chi connectivity index (χ4n) is 1.80. The first-order chi connectivity index (χ1) is 8.69. The summed E-state index contributed by atoms with van der Waals surface area (Å²) in [6, 6.07) is 0.334. The van der Waals surface area contributed by atoms with E-state index in [1.807, 2.05) is 24.1 Å². The smallest absolute Gasteiger partial charge is 0.104 e. The quantitative estimate of drug-likeness (QED) is 0.832. The number of hydrogen-bond donors (Lipinski definition) is 1. The van der Waals surface area contributed by atoms with E-state index in [1.54, 1.807) is 4.68 Å². The van der Waals surface area contributed by atoms with Gasteiger partial charge in [-0.25, -0.2) is 0 Å². The third kappa shape index (κ3) is 3.16. The molecule has 2 aromatic heterocycles. The van der Waals surface area contributed by atoms with Gasteiger partial charge in [-0.3, -0.25) is 9.36 Å². The van der Waals surface area contributed by atoms with Crippen molar-refractivity contribution in [3.63, 3.8) is 0 Å². The van der Waals surface area contributed by atoms with Gasteiger partial charge in [-0.15, -0.1) is 5.10 Å². The third-order valence-corrected chi connectivity index (χ3v) is 2.83. The Morgan fingerprint density at radius 1 is 1.39 bits per heavy atom. The molecule has 0 radical (unpaired) electrons. The summed E-state index contributed by atoms with van der Waals surface area (Å²) in [5, 5.41) is 15.8. The molecule has 0 saturated carbocycles. The second kappa shape index (κ2) is 5.77. The minimum Gasteiger partial charge on any atom is -0.310 e. The maximum absolute atomic E-state index is 4.35. The Bertz CT molecular complexity index is 486. The van der Waals surface area contributed by atoms with Gasteiger partial charge in [0.05, 0.1) is 12.7 Å². The highest BCUT2D eigenvalue weighted by Crippen LogP contribution is 2.11. The van der Waals surface area contributed by atoms with Crippen molar-refractivity contribution in [2.24, 2.45) is 7.05 Å². The van der Waals surface area contributed by atoms with E-state index >= 15 is 0 Å². The van der Waals surface area contributed by atoms with Crippen LogP contribution in [-0.4, -0.2) is 31.3 Å². The number of nitrogens with zero attached hydrogens (tertiary/aromatic N) is 5. The summed E-state index contributed by atoms with van der Waals surface area (Å²) in [5.74, 6) is 0. The molecular weight excluding hydrogens is 228 g/mol. The highest BCUT2D eigenvalue weighted by molar-refractivity contribution is 5.10. The SMILES string of the molecule is CCCNC(C)c1cnn(Cc2cn(C)nn2)c1. The van der Waals surface area contributed by atoms with Gasteiger partial charge in [-0.2, -0.15) is 5.10 Å². The monoisotopic (exact) mass is 248 g/mol. The van der Waals surface area contributed by atoms with Crippen molar-refractivity contribution in [2.75, 3.05) is 6.54 Å². The second-order valence-electron chi connectivity index (χ2n) is 4.53. The van der Waals surface area contributed by atoms with E-state index in [4.69, 9.17) is 0 Å². The summed E-state index contributed by atoms with van der Waals surface area (Å²) in [6.07, 6.45) is 7.00. The van der Waals surface area contributed by atoms with Gasteiger partial charge in [0.1, 0.15) is 5.69 Å². The van der Waals surface area contributed by atoms with Gasteiger partial charge in [0.15, 0.2) is 0 Å². The number of aromatic nitrogens is 5. The van der Waals surface area contributed by atoms with Crippen molar-refractivity contribution in [3.8, 4) is 0 Å². The second-order valence-corrected chi connectivity index (χ2v) is 4.53. The lowest BCUT2D eigenvalue weighted by Crippen LogP contribution is -2.18. The Kier molecular flexibility index (Phi) is 4.09. The molecule has 0 bridgehead atoms. The minimum atomic E-state index is 0.334. The number of nitrogens with one attached hydrogen (secondary N) is 1. The van der Waals surface area contributed by atoms with Crippen LogP contribution in [0.5, 0.6) is 0 Å². The van der Waals surface area contributed by atoms with Crippen LogP contribution >= 0.6 is 0 Å². The average molecular weight is 248 g/mol. The Balaban J connectivity index is 1.97. The molecular formula is C12H20N6. The topological polar surface area (TPSA) is 60.6 Å². The number of rotatable bonds is 6. The molecule has 98 valence electrons. The molecule has 0 aliphatic rings. The van der Waals surface area contributed by atoms with Gasteiger partial charge in [0, 0.05) is 31.0 Å². The zero-order chi connectivity index (χ0) is 13.0. The van der Waals surface area contributed by atoms with E-state index in [2.05, 4.69) is 40.8 Å². The van der Waals surface area contributed by atoms with Crippen molar-refractivity contribution in [3.05, 3.63) is 29.8 Å². The van der Waals surface area contributed by atoms with Crippen LogP contribution < -0.4 is 5.32 Å². The van der Waals surface area contributed by atoms with Crippen LogP contribution in [-0.2, 0) is 13.6 Å². The van der Waals surface area contributed by atoms with Crippen LogP contribution in [0.2, 0.25) is 0 Å². The predicted octanol–water partition coefficient (Wildman–Crippen LogP) is 1.12. The molecule has 1 unspecified atom stereocenters. The molecule has 0 saturated heterocycles. The fraction of sp³-hybridized carbons (Fsp3) is 0.583. The fourth-order valence-corrected chi connectivity index (χ4v) is 1.80. The molecule has 6 heteroatoms. The molecule has 6 nitrogen and oxygen atoms in total. The summed E-state index contributed by atoms with van der Waals surface area (Å²) in [4.78, 5) is 0. The molecule has 18 heavy (non-hydrogen) atoms. The van der Waals surface area contributed by atoms with Crippen LogP contribution in [0.15, 0.2) is 18.6 Å². The lowest BCUT2D eigenvalue weighted by molar-refractivity contribution is 0.569. The van der Waals surface area contributed by atoms with E-state index in [1.165, 1.54) is 5.56 Å². The molecule has 2 rings (SSSR count). The first kappa shape index (κ1) is 12.8. The Morgan fingerprint density at radius 3 is 2.89 bits per heavy atom. The highest BCUT2D eigenvalue weighted by atomic mass is 15.4. The van der Waals surface area contributed by atoms with Gasteiger partial charge in [0.25, 0.3) is 0 Å². The minimum absolute atomic E-state index is 0.334. The van der Waals surface area contributed by atoms with Gasteiger partial charge < -0.3 is 5.32 Å². The predicted molar refractivity (Wildman–Crippen MR) is 69.0 cm³/mol. The summed E-state index contributed by atoms with van der Waals surface area (Å²) in [6.45, 7) is 6.00. The number of hydrogen-bond acceptors (Lipinski definition) is 4. The molecule has 0 fully saturated rings. The zero-order valence-corrected chi connectivity index (χ0v) is 11.2. The lowest BCUT2D eigenvalue weighted by Gasteiger charge is -2.10. The van der Waals surface area contributed by atoms with Gasteiger partial charge in [-0.05, 0) is 19.9 Å². The van der Waals surface area contributed by atoms with E-state index in [-0.39, 0.29) is 0 Å². The van der Waals surface area contributed by atoms with Crippen LogP contribution in [0.25, 0.3) is 0 Å². The normalized spacial score (nSPS) is 12.8. The standard InChI is InChI=1S/C12H20N6/c1-4-5-13-10(2)11-6-14-18(7-11)9-12-8-17(3)16-15-12/h6-8,10,13H,4-5,9H2,1-3H3. The zero-order valence-electron chi connectivity index (χ0n) is 11.2. The maximum atomic E-state index is 4.35. The lowest BCUT2D eigenvalue weighted by atomic mass is 10.2. The van der Waals surface area contributed by atoms with E-state index in [0.717, 1.165) is 18.7 Å². The summed E-state index contributed by atoms with van der Waals surface area (Å²) in [5.41, 5.74) is 2.12. The van der Waals surface area contributed by atoms with Crippen LogP contribution in [0, 0.1) is 0 Å². The van der Waals surface area contributed by atoms with Crippen molar-refractivity contribution in [1.29, 1.82) is 0 Å². The Labute approximate surface area is 107 Å². The largest absolute Gasteiger partial charge is 0.310 e. The van der Waals surface area contributed by atoms with Crippen molar-refractivity contribution < 1.29 is 0 Å².